The van der Waals surface area contributed by atoms with Crippen LogP contribution in [-0.2, 0) is 4.79 Å². The summed E-state index contributed by atoms with van der Waals surface area (Å²) < 4.78 is 1.73. The lowest BCUT2D eigenvalue weighted by Gasteiger charge is -2.34. The van der Waals surface area contributed by atoms with Gasteiger partial charge < -0.3 is 9.80 Å². The van der Waals surface area contributed by atoms with Gasteiger partial charge in [-0.15, -0.1) is 0 Å². The van der Waals surface area contributed by atoms with Gasteiger partial charge in [0.1, 0.15) is 0 Å². The summed E-state index contributed by atoms with van der Waals surface area (Å²) >= 11 is 1.58. The number of likely N-dealkylation sites (N-methyl/N-ethyl adjacent to an activating group) is 1. The Hall–Kier alpha value is -1.34. The molecule has 0 N–H and O–H groups in total. The van der Waals surface area contributed by atoms with E-state index < -0.39 is 0 Å². The minimum Gasteiger partial charge on any atom is -0.340 e. The predicted molar refractivity (Wildman–Crippen MR) is 91.0 cm³/mol. The fourth-order valence-corrected chi connectivity index (χ4v) is 4.35. The van der Waals surface area contributed by atoms with Crippen molar-refractivity contribution in [2.24, 2.45) is 0 Å². The van der Waals surface area contributed by atoms with Gasteiger partial charge in [0.2, 0.25) is 5.91 Å². The second-order valence-electron chi connectivity index (χ2n) is 6.26. The highest BCUT2D eigenvalue weighted by Crippen LogP contribution is 2.32. The Morgan fingerprint density at radius 2 is 1.96 bits per heavy atom. The average Bonchev–Trinajstić information content (AvgIpc) is 2.95. The maximum absolute atomic E-state index is 12.6. The highest BCUT2D eigenvalue weighted by Gasteiger charge is 2.30. The van der Waals surface area contributed by atoms with Crippen LogP contribution >= 0.6 is 11.8 Å². The van der Waals surface area contributed by atoms with Crippen LogP contribution in [0, 0.1) is 13.8 Å². The lowest BCUT2D eigenvalue weighted by Crippen LogP contribution is -2.49. The zero-order chi connectivity index (χ0) is 16.6. The number of amides is 1. The molecule has 0 spiro atoms. The van der Waals surface area contributed by atoms with Crippen molar-refractivity contribution in [2.75, 3.05) is 38.5 Å². The summed E-state index contributed by atoms with van der Waals surface area (Å²) in [5.74, 6) is 0.913. The molecule has 0 bridgehead atoms. The van der Waals surface area contributed by atoms with Crippen molar-refractivity contribution in [3.63, 3.8) is 0 Å². The van der Waals surface area contributed by atoms with E-state index in [4.69, 9.17) is 0 Å². The van der Waals surface area contributed by atoms with Crippen LogP contribution in [0.25, 0.3) is 0 Å². The van der Waals surface area contributed by atoms with Crippen molar-refractivity contribution in [1.82, 2.24) is 19.4 Å². The number of thioether (sulfide) groups is 1. The molecule has 1 atom stereocenters. The Morgan fingerprint density at radius 1 is 1.26 bits per heavy atom. The van der Waals surface area contributed by atoms with Gasteiger partial charge in [0, 0.05) is 49.6 Å². The molecule has 3 rings (SSSR count). The number of aryl methyl sites for hydroxylation is 1. The standard InChI is InChI=1S/C16H24N4O2S/c1-4-18-5-7-19(8-6-18)14(21)9-13-10-23-16-17-12(3)11(2)15(22)20(13)16/h13H,4-10H2,1-3H3. The third kappa shape index (κ3) is 3.17. The Balaban J connectivity index is 1.71. The van der Waals surface area contributed by atoms with Crippen LogP contribution < -0.4 is 5.56 Å². The first kappa shape index (κ1) is 16.5. The molecule has 2 aliphatic rings. The number of carbonyl (C=O) groups excluding carboxylic acids is 1. The van der Waals surface area contributed by atoms with Crippen LogP contribution in [0.15, 0.2) is 9.95 Å². The van der Waals surface area contributed by atoms with Crippen LogP contribution in [0.2, 0.25) is 0 Å². The van der Waals surface area contributed by atoms with E-state index in [1.807, 2.05) is 18.7 Å². The van der Waals surface area contributed by atoms with Crippen LogP contribution in [0.1, 0.15) is 30.6 Å². The largest absolute Gasteiger partial charge is 0.340 e. The minimum atomic E-state index is -0.0639. The van der Waals surface area contributed by atoms with E-state index in [1.54, 1.807) is 16.3 Å². The molecule has 1 unspecified atom stereocenters. The molecule has 1 amide bonds. The molecule has 0 radical (unpaired) electrons. The lowest BCUT2D eigenvalue weighted by molar-refractivity contribution is -0.133. The van der Waals surface area contributed by atoms with Crippen LogP contribution in [0.3, 0.4) is 0 Å². The molecule has 3 heterocycles. The molecule has 1 fully saturated rings. The van der Waals surface area contributed by atoms with E-state index >= 15 is 0 Å². The normalized spacial score (nSPS) is 21.5. The molecule has 7 heteroatoms. The topological polar surface area (TPSA) is 58.4 Å². The lowest BCUT2D eigenvalue weighted by atomic mass is 10.1. The Bertz CT molecular complexity index is 665. The molecule has 1 aromatic rings. The van der Waals surface area contributed by atoms with E-state index in [0.29, 0.717) is 12.0 Å². The number of aromatic nitrogens is 2. The number of hydrogen-bond donors (Lipinski definition) is 0. The van der Waals surface area contributed by atoms with E-state index in [-0.39, 0.29) is 17.5 Å². The summed E-state index contributed by atoms with van der Waals surface area (Å²) in [6.45, 7) is 10.3. The molecule has 126 valence electrons. The van der Waals surface area contributed by atoms with Crippen molar-refractivity contribution in [1.29, 1.82) is 0 Å². The number of rotatable bonds is 3. The van der Waals surface area contributed by atoms with Gasteiger partial charge >= 0.3 is 0 Å². The van der Waals surface area contributed by atoms with E-state index in [9.17, 15) is 9.59 Å². The summed E-state index contributed by atoms with van der Waals surface area (Å²) in [5, 5.41) is 0.756. The number of carbonyl (C=O) groups is 1. The quantitative estimate of drug-likeness (QED) is 0.773. The van der Waals surface area contributed by atoms with Gasteiger partial charge in [-0.3, -0.25) is 14.2 Å². The Labute approximate surface area is 140 Å². The van der Waals surface area contributed by atoms with Crippen molar-refractivity contribution in [3.8, 4) is 0 Å². The minimum absolute atomic E-state index is 0.00565. The number of piperazine rings is 1. The second-order valence-corrected chi connectivity index (χ2v) is 7.25. The van der Waals surface area contributed by atoms with Crippen LogP contribution in [0.4, 0.5) is 0 Å². The van der Waals surface area contributed by atoms with E-state index in [0.717, 1.165) is 49.3 Å². The first-order chi connectivity index (χ1) is 11.0. The van der Waals surface area contributed by atoms with Gasteiger partial charge in [0.25, 0.3) is 5.56 Å². The molecule has 0 aromatic carbocycles. The summed E-state index contributed by atoms with van der Waals surface area (Å²) in [5.41, 5.74) is 1.48. The molecular formula is C16H24N4O2S. The summed E-state index contributed by atoms with van der Waals surface area (Å²) in [6.07, 6.45) is 0.399. The summed E-state index contributed by atoms with van der Waals surface area (Å²) in [6, 6.07) is -0.0639. The monoisotopic (exact) mass is 336 g/mol. The van der Waals surface area contributed by atoms with Crippen LogP contribution in [0.5, 0.6) is 0 Å². The highest BCUT2D eigenvalue weighted by molar-refractivity contribution is 7.99. The fraction of sp³-hybridized carbons (Fsp3) is 0.688. The molecule has 23 heavy (non-hydrogen) atoms. The SMILES string of the molecule is CCN1CCN(C(=O)CC2CSc3nc(C)c(C)c(=O)n32)CC1. The van der Waals surface area contributed by atoms with Crippen LogP contribution in [-0.4, -0.2) is 63.7 Å². The number of hydrogen-bond acceptors (Lipinski definition) is 5. The van der Waals surface area contributed by atoms with Crippen molar-refractivity contribution >= 4 is 17.7 Å². The first-order valence-electron chi connectivity index (χ1n) is 8.24. The molecule has 0 aliphatic carbocycles. The maximum atomic E-state index is 12.6. The average molecular weight is 336 g/mol. The molecule has 1 saturated heterocycles. The second kappa shape index (κ2) is 6.65. The molecule has 2 aliphatic heterocycles. The summed E-state index contributed by atoms with van der Waals surface area (Å²) in [4.78, 5) is 33.9. The third-order valence-electron chi connectivity index (χ3n) is 4.90. The zero-order valence-electron chi connectivity index (χ0n) is 14.0. The van der Waals surface area contributed by atoms with Gasteiger partial charge in [0.15, 0.2) is 5.16 Å². The third-order valence-corrected chi connectivity index (χ3v) is 6.00. The molecular weight excluding hydrogens is 312 g/mol. The zero-order valence-corrected chi connectivity index (χ0v) is 14.9. The van der Waals surface area contributed by atoms with E-state index in [2.05, 4.69) is 16.8 Å². The first-order valence-corrected chi connectivity index (χ1v) is 9.22. The van der Waals surface area contributed by atoms with Crippen molar-refractivity contribution in [2.45, 2.75) is 38.4 Å². The smallest absolute Gasteiger partial charge is 0.257 e. The van der Waals surface area contributed by atoms with E-state index in [1.165, 1.54) is 0 Å². The molecule has 6 nitrogen and oxygen atoms in total. The predicted octanol–water partition coefficient (Wildman–Crippen LogP) is 1.06. The summed E-state index contributed by atoms with van der Waals surface area (Å²) in [7, 11) is 0. The van der Waals surface area contributed by atoms with Crippen molar-refractivity contribution < 1.29 is 4.79 Å². The van der Waals surface area contributed by atoms with Crippen molar-refractivity contribution in [3.05, 3.63) is 21.6 Å². The molecule has 0 saturated carbocycles. The van der Waals surface area contributed by atoms with Gasteiger partial charge in [-0.2, -0.15) is 0 Å². The Morgan fingerprint density at radius 3 is 2.61 bits per heavy atom. The highest BCUT2D eigenvalue weighted by atomic mass is 32.2. The van der Waals surface area contributed by atoms with Gasteiger partial charge in [-0.25, -0.2) is 4.98 Å². The van der Waals surface area contributed by atoms with Gasteiger partial charge in [-0.05, 0) is 20.4 Å². The maximum Gasteiger partial charge on any atom is 0.257 e. The van der Waals surface area contributed by atoms with Gasteiger partial charge in [-0.1, -0.05) is 18.7 Å². The van der Waals surface area contributed by atoms with Gasteiger partial charge in [0.05, 0.1) is 6.04 Å². The number of nitrogens with zero attached hydrogens (tertiary/aromatic N) is 4. The molecule has 1 aromatic heterocycles. The fourth-order valence-electron chi connectivity index (χ4n) is 3.17. The Kier molecular flexibility index (Phi) is 4.77. The number of fused-ring (bicyclic) bond motifs is 1.